The summed E-state index contributed by atoms with van der Waals surface area (Å²) in [6.07, 6.45) is 0. The molecule has 0 unspecified atom stereocenters. The molecular formula is C20H19F2N3O4. The summed E-state index contributed by atoms with van der Waals surface area (Å²) in [7, 11) is 1.54. The van der Waals surface area contributed by atoms with E-state index < -0.39 is 41.6 Å². The van der Waals surface area contributed by atoms with Gasteiger partial charge in [-0.15, -0.1) is 0 Å². The van der Waals surface area contributed by atoms with E-state index in [9.17, 15) is 23.2 Å². The Bertz CT molecular complexity index is 965. The number of imide groups is 1. The number of methoxy groups -OCH3 is 1. The third-order valence-electron chi connectivity index (χ3n) is 4.72. The molecule has 7 nitrogen and oxygen atoms in total. The number of nitrogens with one attached hydrogen (secondary N) is 2. The predicted octanol–water partition coefficient (Wildman–Crippen LogP) is 2.06. The second-order valence-corrected chi connectivity index (χ2v) is 6.70. The van der Waals surface area contributed by atoms with Crippen molar-refractivity contribution in [3.05, 3.63) is 65.2 Å². The van der Waals surface area contributed by atoms with Crippen LogP contribution in [0.4, 0.5) is 13.6 Å². The molecule has 0 radical (unpaired) electrons. The average molecular weight is 403 g/mol. The summed E-state index contributed by atoms with van der Waals surface area (Å²) < 4.78 is 31.8. The maximum atomic E-state index is 13.6. The van der Waals surface area contributed by atoms with Crippen LogP contribution < -0.4 is 15.4 Å². The zero-order valence-corrected chi connectivity index (χ0v) is 15.8. The smallest absolute Gasteiger partial charge is 0.325 e. The molecule has 2 aromatic rings. The molecule has 2 aromatic carbocycles. The van der Waals surface area contributed by atoms with Crippen molar-refractivity contribution >= 4 is 17.8 Å². The highest BCUT2D eigenvalue weighted by molar-refractivity contribution is 6.09. The van der Waals surface area contributed by atoms with Crippen molar-refractivity contribution in [2.45, 2.75) is 19.0 Å². The lowest BCUT2D eigenvalue weighted by Gasteiger charge is -2.22. The van der Waals surface area contributed by atoms with Crippen molar-refractivity contribution in [1.29, 1.82) is 0 Å². The Morgan fingerprint density at radius 2 is 1.83 bits per heavy atom. The Labute approximate surface area is 165 Å². The molecule has 3 rings (SSSR count). The van der Waals surface area contributed by atoms with Gasteiger partial charge < -0.3 is 15.4 Å². The number of hydrogen-bond acceptors (Lipinski definition) is 4. The van der Waals surface area contributed by atoms with Gasteiger partial charge in [-0.05, 0) is 42.3 Å². The van der Waals surface area contributed by atoms with Gasteiger partial charge in [-0.2, -0.15) is 0 Å². The first kappa shape index (κ1) is 20.2. The molecule has 29 heavy (non-hydrogen) atoms. The van der Waals surface area contributed by atoms with Crippen LogP contribution in [0, 0.1) is 11.6 Å². The van der Waals surface area contributed by atoms with Crippen LogP contribution in [0.5, 0.6) is 5.75 Å². The normalized spacial score (nSPS) is 18.6. The maximum absolute atomic E-state index is 13.6. The average Bonchev–Trinajstić information content (AvgIpc) is 2.92. The molecule has 1 atom stereocenters. The number of amides is 4. The monoisotopic (exact) mass is 403 g/mol. The number of hydrogen-bond donors (Lipinski definition) is 2. The Hall–Kier alpha value is -3.49. The molecule has 0 spiro atoms. The number of halogens is 2. The first-order chi connectivity index (χ1) is 13.7. The van der Waals surface area contributed by atoms with Crippen molar-refractivity contribution < 1.29 is 27.9 Å². The first-order valence-corrected chi connectivity index (χ1v) is 8.74. The van der Waals surface area contributed by atoms with Crippen LogP contribution in [0.25, 0.3) is 0 Å². The zero-order valence-electron chi connectivity index (χ0n) is 15.8. The van der Waals surface area contributed by atoms with E-state index in [-0.39, 0.29) is 12.1 Å². The molecule has 9 heteroatoms. The summed E-state index contributed by atoms with van der Waals surface area (Å²) in [5, 5.41) is 5.06. The van der Waals surface area contributed by atoms with Crippen LogP contribution in [-0.4, -0.2) is 36.4 Å². The van der Waals surface area contributed by atoms with Gasteiger partial charge in [-0.1, -0.05) is 18.2 Å². The lowest BCUT2D eigenvalue weighted by atomic mass is 9.92. The van der Waals surface area contributed by atoms with E-state index in [1.54, 1.807) is 31.4 Å². The molecule has 0 aromatic heterocycles. The van der Waals surface area contributed by atoms with Gasteiger partial charge in [-0.3, -0.25) is 14.5 Å². The number of ether oxygens (including phenoxy) is 1. The Morgan fingerprint density at radius 3 is 2.45 bits per heavy atom. The zero-order chi connectivity index (χ0) is 21.2. The van der Waals surface area contributed by atoms with Gasteiger partial charge >= 0.3 is 6.03 Å². The number of nitrogens with zero attached hydrogens (tertiary/aromatic N) is 1. The molecule has 152 valence electrons. The van der Waals surface area contributed by atoms with Gasteiger partial charge in [0.2, 0.25) is 5.91 Å². The summed E-state index contributed by atoms with van der Waals surface area (Å²) >= 11 is 0. The highest BCUT2D eigenvalue weighted by Crippen LogP contribution is 2.29. The molecule has 1 saturated heterocycles. The van der Waals surface area contributed by atoms with Crippen LogP contribution >= 0.6 is 0 Å². The van der Waals surface area contributed by atoms with Gasteiger partial charge in [0.25, 0.3) is 5.91 Å². The first-order valence-electron chi connectivity index (χ1n) is 8.74. The second-order valence-electron chi connectivity index (χ2n) is 6.70. The van der Waals surface area contributed by atoms with Crippen LogP contribution in [0.15, 0.2) is 42.5 Å². The van der Waals surface area contributed by atoms with Crippen molar-refractivity contribution in [3.63, 3.8) is 0 Å². The third kappa shape index (κ3) is 4.03. The molecular weight excluding hydrogens is 384 g/mol. The van der Waals surface area contributed by atoms with E-state index in [1.165, 1.54) is 13.0 Å². The van der Waals surface area contributed by atoms with E-state index in [1.807, 2.05) is 0 Å². The van der Waals surface area contributed by atoms with Crippen LogP contribution in [0.3, 0.4) is 0 Å². The minimum atomic E-state index is -1.60. The summed E-state index contributed by atoms with van der Waals surface area (Å²) in [6.45, 7) is 1.07. The molecule has 1 heterocycles. The van der Waals surface area contributed by atoms with E-state index in [4.69, 9.17) is 4.74 Å². The molecule has 4 amide bonds. The van der Waals surface area contributed by atoms with E-state index >= 15 is 0 Å². The SMILES string of the molecule is COc1ccc(CNC(=O)CN2C(=O)N[C@@](C)(c3ccc(F)c(F)c3)C2=O)cc1. The molecule has 1 fully saturated rings. The third-order valence-corrected chi connectivity index (χ3v) is 4.72. The molecule has 0 aliphatic carbocycles. The largest absolute Gasteiger partial charge is 0.497 e. The van der Waals surface area contributed by atoms with Gasteiger partial charge in [0.05, 0.1) is 7.11 Å². The Balaban J connectivity index is 1.66. The lowest BCUT2D eigenvalue weighted by Crippen LogP contribution is -2.43. The predicted molar refractivity (Wildman–Crippen MR) is 98.8 cm³/mol. The molecule has 2 N–H and O–H groups in total. The Kier molecular flexibility index (Phi) is 5.49. The van der Waals surface area contributed by atoms with Crippen LogP contribution in [0.1, 0.15) is 18.1 Å². The van der Waals surface area contributed by atoms with E-state index in [0.29, 0.717) is 5.75 Å². The Morgan fingerprint density at radius 1 is 1.14 bits per heavy atom. The molecule has 0 saturated carbocycles. The van der Waals surface area contributed by atoms with Gasteiger partial charge in [0.15, 0.2) is 11.6 Å². The van der Waals surface area contributed by atoms with Crippen LogP contribution in [-0.2, 0) is 21.7 Å². The summed E-state index contributed by atoms with van der Waals surface area (Å²) in [6, 6.07) is 9.17. The van der Waals surface area contributed by atoms with Gasteiger partial charge in [0, 0.05) is 6.54 Å². The minimum Gasteiger partial charge on any atom is -0.497 e. The highest BCUT2D eigenvalue weighted by Gasteiger charge is 2.49. The van der Waals surface area contributed by atoms with Crippen molar-refractivity contribution in [2.75, 3.05) is 13.7 Å². The topological polar surface area (TPSA) is 87.7 Å². The van der Waals surface area contributed by atoms with Crippen LogP contribution in [0.2, 0.25) is 0 Å². The molecule has 1 aliphatic rings. The van der Waals surface area contributed by atoms with Gasteiger partial charge in [0.1, 0.15) is 17.8 Å². The summed E-state index contributed by atoms with van der Waals surface area (Å²) in [4.78, 5) is 37.9. The van der Waals surface area contributed by atoms with E-state index in [0.717, 1.165) is 22.6 Å². The fourth-order valence-corrected chi connectivity index (χ4v) is 2.99. The van der Waals surface area contributed by atoms with Crippen molar-refractivity contribution in [3.8, 4) is 5.75 Å². The molecule has 1 aliphatic heterocycles. The number of carbonyl (C=O) groups excluding carboxylic acids is 3. The fourth-order valence-electron chi connectivity index (χ4n) is 2.99. The van der Waals surface area contributed by atoms with Gasteiger partial charge in [-0.25, -0.2) is 13.6 Å². The van der Waals surface area contributed by atoms with Crippen molar-refractivity contribution in [2.24, 2.45) is 0 Å². The number of rotatable bonds is 6. The summed E-state index contributed by atoms with van der Waals surface area (Å²) in [5.41, 5.74) is -0.708. The van der Waals surface area contributed by atoms with Crippen molar-refractivity contribution in [1.82, 2.24) is 15.5 Å². The molecule has 0 bridgehead atoms. The van der Waals surface area contributed by atoms with E-state index in [2.05, 4.69) is 10.6 Å². The fraction of sp³-hybridized carbons (Fsp3) is 0.250. The number of benzene rings is 2. The highest BCUT2D eigenvalue weighted by atomic mass is 19.2. The second kappa shape index (κ2) is 7.86. The maximum Gasteiger partial charge on any atom is 0.325 e. The number of carbonyl (C=O) groups is 3. The minimum absolute atomic E-state index is 0.0795. The quantitative estimate of drug-likeness (QED) is 0.723. The standard InChI is InChI=1S/C20H19F2N3O4/c1-20(13-5-8-15(21)16(22)9-13)18(27)25(19(28)24-20)11-17(26)23-10-12-3-6-14(29-2)7-4-12/h3-9H,10-11H2,1-2H3,(H,23,26)(H,24,28)/t20-/m0/s1. The lowest BCUT2D eigenvalue weighted by molar-refractivity contribution is -0.134. The number of urea groups is 1. The summed E-state index contributed by atoms with van der Waals surface area (Å²) in [5.74, 6) is -2.80.